The van der Waals surface area contributed by atoms with Crippen LogP contribution in [0.2, 0.25) is 0 Å². The molecule has 0 aromatic heterocycles. The van der Waals surface area contributed by atoms with Crippen molar-refractivity contribution < 1.29 is 19.5 Å². The Morgan fingerprint density at radius 3 is 1.17 bits per heavy atom. The summed E-state index contributed by atoms with van der Waals surface area (Å²) in [5.74, 6) is 0. The Hall–Kier alpha value is 0.623. The van der Waals surface area contributed by atoms with Gasteiger partial charge in [-0.25, -0.2) is 0 Å². The molecule has 6 heavy (non-hydrogen) atoms. The summed E-state index contributed by atoms with van der Waals surface area (Å²) in [6.45, 7) is 10.0. The van der Waals surface area contributed by atoms with Gasteiger partial charge in [0, 0.05) is 0 Å². The van der Waals surface area contributed by atoms with E-state index in [1.807, 2.05) is 0 Å². The summed E-state index contributed by atoms with van der Waals surface area (Å²) in [6, 6.07) is 0. The van der Waals surface area contributed by atoms with Crippen molar-refractivity contribution in [2.45, 2.75) is 20.8 Å². The summed E-state index contributed by atoms with van der Waals surface area (Å²) >= 11 is 0. The van der Waals surface area contributed by atoms with Gasteiger partial charge in [-0.2, -0.15) is 5.41 Å². The average Bonchev–Trinajstić information content (AvgIpc) is 0.722. The molecule has 0 aliphatic carbocycles. The van der Waals surface area contributed by atoms with E-state index >= 15 is 0 Å². The third-order valence-electron chi connectivity index (χ3n) is 0. The summed E-state index contributed by atoms with van der Waals surface area (Å²) in [5.41, 5.74) is 0.250. The molecule has 1 heteroatoms. The molecule has 0 saturated heterocycles. The molecule has 1 radical (unpaired) electrons. The Morgan fingerprint density at radius 1 is 1.17 bits per heavy atom. The maximum absolute atomic E-state index is 3.77. The quantitative estimate of drug-likeness (QED) is 0.386. The fourth-order valence-electron chi connectivity index (χ4n) is 0. The van der Waals surface area contributed by atoms with Gasteiger partial charge in [0.1, 0.15) is 0 Å². The first-order valence-corrected chi connectivity index (χ1v) is 1.85. The van der Waals surface area contributed by atoms with Gasteiger partial charge in [-0.3, -0.25) is 0 Å². The van der Waals surface area contributed by atoms with E-state index in [-0.39, 0.29) is 24.9 Å². The average molecular weight is 172 g/mol. The van der Waals surface area contributed by atoms with Gasteiger partial charge in [-0.05, 0) is 0 Å². The van der Waals surface area contributed by atoms with Gasteiger partial charge in [-0.15, -0.1) is 0 Å². The normalized spacial score (nSPS) is 10.0. The molecular weight excluding hydrogens is 161 g/mol. The van der Waals surface area contributed by atoms with Crippen LogP contribution in [0.1, 0.15) is 20.8 Å². The Bertz CT molecular complexity index is 19.4. The SMILES string of the molecule is [CH2-]C(C)(C)C.[Ru+]. The fraction of sp³-hybridized carbons (Fsp3) is 0.800. The van der Waals surface area contributed by atoms with Crippen LogP contribution in [0.3, 0.4) is 0 Å². The van der Waals surface area contributed by atoms with Gasteiger partial charge in [0.2, 0.25) is 0 Å². The molecule has 0 atom stereocenters. The number of rotatable bonds is 0. The van der Waals surface area contributed by atoms with Gasteiger partial charge in [0.15, 0.2) is 0 Å². The van der Waals surface area contributed by atoms with Crippen molar-refractivity contribution in [2.24, 2.45) is 5.41 Å². The molecule has 0 bridgehead atoms. The Labute approximate surface area is 53.1 Å². The maximum atomic E-state index is 3.77. The van der Waals surface area contributed by atoms with Crippen LogP contribution in [0.25, 0.3) is 0 Å². The maximum Gasteiger partial charge on any atom is 1.00 e. The molecule has 0 nitrogen and oxygen atoms in total. The molecule has 0 heterocycles. The van der Waals surface area contributed by atoms with Crippen molar-refractivity contribution in [1.29, 1.82) is 0 Å². The molecule has 0 aromatic carbocycles. The number of hydrogen-bond acceptors (Lipinski definition) is 0. The van der Waals surface area contributed by atoms with E-state index in [0.29, 0.717) is 0 Å². The molecule has 0 spiro atoms. The monoisotopic (exact) mass is 173 g/mol. The molecule has 0 saturated carbocycles. The van der Waals surface area contributed by atoms with E-state index in [1.165, 1.54) is 0 Å². The second kappa shape index (κ2) is 2.74. The van der Waals surface area contributed by atoms with Crippen molar-refractivity contribution in [3.63, 3.8) is 0 Å². The van der Waals surface area contributed by atoms with Crippen molar-refractivity contribution in [2.75, 3.05) is 0 Å². The van der Waals surface area contributed by atoms with E-state index in [2.05, 4.69) is 27.7 Å². The number of hydrogen-bond donors (Lipinski definition) is 0. The first-order chi connectivity index (χ1) is 2.00. The van der Waals surface area contributed by atoms with Crippen molar-refractivity contribution in [3.8, 4) is 0 Å². The van der Waals surface area contributed by atoms with Crippen LogP contribution in [-0.4, -0.2) is 0 Å². The largest absolute Gasteiger partial charge is 1.00 e. The molecule has 0 aromatic rings. The predicted octanol–water partition coefficient (Wildman–Crippen LogP) is 1.86. The molecular formula is C5H11Ru. The zero-order chi connectivity index (χ0) is 4.50. The van der Waals surface area contributed by atoms with Crippen LogP contribution >= 0.6 is 0 Å². The van der Waals surface area contributed by atoms with Crippen molar-refractivity contribution >= 4 is 0 Å². The van der Waals surface area contributed by atoms with Crippen LogP contribution in [-0.2, 0) is 19.5 Å². The van der Waals surface area contributed by atoms with Crippen molar-refractivity contribution in [3.05, 3.63) is 6.92 Å². The second-order valence-electron chi connectivity index (χ2n) is 2.56. The molecule has 0 amide bonds. The molecule has 0 unspecified atom stereocenters. The van der Waals surface area contributed by atoms with Crippen LogP contribution in [0, 0.1) is 12.3 Å². The van der Waals surface area contributed by atoms with Gasteiger partial charge in [0.25, 0.3) is 0 Å². The van der Waals surface area contributed by atoms with E-state index in [4.69, 9.17) is 0 Å². The van der Waals surface area contributed by atoms with Crippen molar-refractivity contribution in [1.82, 2.24) is 0 Å². The summed E-state index contributed by atoms with van der Waals surface area (Å²) in [4.78, 5) is 0. The summed E-state index contributed by atoms with van der Waals surface area (Å²) in [5, 5.41) is 0. The van der Waals surface area contributed by atoms with Gasteiger partial charge in [-0.1, -0.05) is 20.8 Å². The zero-order valence-electron chi connectivity index (χ0n) is 4.56. The standard InChI is InChI=1S/C5H11.Ru/c1-5(2,3)4;/h1H2,2-4H3;/q-1;+1. The third kappa shape index (κ3) is 156. The zero-order valence-corrected chi connectivity index (χ0v) is 6.30. The Balaban J connectivity index is 0. The fourth-order valence-corrected chi connectivity index (χ4v) is 0. The van der Waals surface area contributed by atoms with E-state index in [1.54, 1.807) is 0 Å². The molecule has 0 aliphatic heterocycles. The van der Waals surface area contributed by atoms with E-state index in [0.717, 1.165) is 0 Å². The molecule has 39 valence electrons. The first kappa shape index (κ1) is 9.80. The second-order valence-corrected chi connectivity index (χ2v) is 2.56. The summed E-state index contributed by atoms with van der Waals surface area (Å²) in [7, 11) is 0. The molecule has 0 fully saturated rings. The van der Waals surface area contributed by atoms with Gasteiger partial charge < -0.3 is 6.92 Å². The Kier molecular flexibility index (Phi) is 4.47. The summed E-state index contributed by atoms with van der Waals surface area (Å²) in [6.07, 6.45) is 0. The van der Waals surface area contributed by atoms with Crippen LogP contribution in [0.5, 0.6) is 0 Å². The minimum absolute atomic E-state index is 0. The predicted molar refractivity (Wildman–Crippen MR) is 24.8 cm³/mol. The summed E-state index contributed by atoms with van der Waals surface area (Å²) < 4.78 is 0. The molecule has 0 N–H and O–H groups in total. The molecule has 0 aliphatic rings. The third-order valence-corrected chi connectivity index (χ3v) is 0. The minimum Gasteiger partial charge on any atom is -0.338 e. The van der Waals surface area contributed by atoms with E-state index < -0.39 is 0 Å². The first-order valence-electron chi connectivity index (χ1n) is 1.85. The smallest absolute Gasteiger partial charge is 0.338 e. The van der Waals surface area contributed by atoms with Crippen LogP contribution in [0.15, 0.2) is 0 Å². The van der Waals surface area contributed by atoms with Crippen LogP contribution in [0.4, 0.5) is 0 Å². The molecule has 0 rings (SSSR count). The van der Waals surface area contributed by atoms with E-state index in [9.17, 15) is 0 Å². The minimum atomic E-state index is 0. The van der Waals surface area contributed by atoms with Gasteiger partial charge >= 0.3 is 19.5 Å². The van der Waals surface area contributed by atoms with Crippen LogP contribution < -0.4 is 0 Å². The van der Waals surface area contributed by atoms with Gasteiger partial charge in [0.05, 0.1) is 0 Å². The Morgan fingerprint density at radius 2 is 1.17 bits per heavy atom. The topological polar surface area (TPSA) is 0 Å².